The summed E-state index contributed by atoms with van der Waals surface area (Å²) in [6, 6.07) is 5.47. The highest BCUT2D eigenvalue weighted by Crippen LogP contribution is 2.32. The third-order valence-corrected chi connectivity index (χ3v) is 7.15. The minimum absolute atomic E-state index is 0.0111. The number of likely N-dealkylation sites (tertiary alicyclic amines) is 2. The van der Waals surface area contributed by atoms with Crippen molar-refractivity contribution in [2.24, 2.45) is 5.92 Å². The summed E-state index contributed by atoms with van der Waals surface area (Å²) in [7, 11) is 3.85. The zero-order valence-electron chi connectivity index (χ0n) is 21.0. The van der Waals surface area contributed by atoms with Crippen LogP contribution in [0.5, 0.6) is 0 Å². The van der Waals surface area contributed by atoms with Crippen molar-refractivity contribution in [1.82, 2.24) is 15.1 Å². The summed E-state index contributed by atoms with van der Waals surface area (Å²) in [5.41, 5.74) is 1.45. The van der Waals surface area contributed by atoms with Gasteiger partial charge in [-0.25, -0.2) is 0 Å². The molecule has 4 rings (SSSR count). The van der Waals surface area contributed by atoms with E-state index in [0.717, 1.165) is 12.1 Å². The van der Waals surface area contributed by atoms with Gasteiger partial charge in [-0.15, -0.1) is 0 Å². The molecule has 0 aliphatic carbocycles. The number of ether oxygens (including phenoxy) is 1. The molecule has 0 saturated carbocycles. The van der Waals surface area contributed by atoms with Gasteiger partial charge in [0, 0.05) is 38.5 Å². The molecule has 0 radical (unpaired) electrons. The Labute approximate surface area is 206 Å². The van der Waals surface area contributed by atoms with Crippen LogP contribution in [0.1, 0.15) is 49.9 Å². The van der Waals surface area contributed by atoms with Gasteiger partial charge in [-0.1, -0.05) is 13.8 Å². The summed E-state index contributed by atoms with van der Waals surface area (Å²) < 4.78 is 5.54. The Morgan fingerprint density at radius 1 is 1.11 bits per heavy atom. The number of hydrogen-bond donors (Lipinski definition) is 1. The molecule has 3 unspecified atom stereocenters. The van der Waals surface area contributed by atoms with Crippen LogP contribution in [-0.2, 0) is 19.1 Å². The van der Waals surface area contributed by atoms with E-state index in [0.29, 0.717) is 38.0 Å². The summed E-state index contributed by atoms with van der Waals surface area (Å²) in [5, 5.41) is 2.91. The number of carbonyl (C=O) groups excluding carboxylic acids is 4. The van der Waals surface area contributed by atoms with Gasteiger partial charge in [0.1, 0.15) is 18.2 Å². The van der Waals surface area contributed by atoms with E-state index in [9.17, 15) is 19.2 Å². The van der Waals surface area contributed by atoms with Crippen molar-refractivity contribution >= 4 is 29.2 Å². The van der Waals surface area contributed by atoms with Gasteiger partial charge in [-0.05, 0) is 55.9 Å². The molecule has 0 bridgehead atoms. The second kappa shape index (κ2) is 10.4. The second-order valence-corrected chi connectivity index (χ2v) is 10.4. The van der Waals surface area contributed by atoms with Crippen LogP contribution in [0.3, 0.4) is 0 Å². The van der Waals surface area contributed by atoms with Crippen LogP contribution >= 0.6 is 0 Å². The van der Waals surface area contributed by atoms with E-state index in [1.54, 1.807) is 21.9 Å². The fraction of sp³-hybridized carbons (Fsp3) is 0.615. The van der Waals surface area contributed by atoms with Crippen molar-refractivity contribution in [2.75, 3.05) is 38.7 Å². The molecule has 0 spiro atoms. The minimum atomic E-state index is -0.745. The number of Topliss-reactive ketones (excluding diaryl/α,β-unsaturated/α-hetero) is 1. The Morgan fingerprint density at radius 3 is 2.43 bits per heavy atom. The summed E-state index contributed by atoms with van der Waals surface area (Å²) in [5.74, 6) is -0.690. The quantitative estimate of drug-likeness (QED) is 0.629. The Balaban J connectivity index is 1.47. The van der Waals surface area contributed by atoms with Crippen molar-refractivity contribution < 1.29 is 23.9 Å². The molecule has 1 aromatic rings. The third-order valence-electron chi connectivity index (χ3n) is 7.15. The van der Waals surface area contributed by atoms with Crippen LogP contribution < -0.4 is 10.2 Å². The summed E-state index contributed by atoms with van der Waals surface area (Å²) in [4.78, 5) is 57.7. The average molecular weight is 485 g/mol. The maximum Gasteiger partial charge on any atom is 0.252 e. The predicted octanol–water partition coefficient (Wildman–Crippen LogP) is 1.46. The smallest absolute Gasteiger partial charge is 0.252 e. The lowest BCUT2D eigenvalue weighted by Crippen LogP contribution is -2.53. The number of ketones is 1. The fourth-order valence-corrected chi connectivity index (χ4v) is 5.36. The number of carbonyl (C=O) groups is 4. The molecular weight excluding hydrogens is 448 g/mol. The molecule has 3 aliphatic heterocycles. The molecule has 1 N–H and O–H groups in total. The molecule has 9 heteroatoms. The standard InChI is InChI=1S/C26H36N4O5/c1-16(2)14-19(27-24(32)17-7-9-18(10-8-17)28(3)4)25(33)29-12-11-20-23(29)21(31)15-30(20)26(34)22-6-5-13-35-22/h7-10,16,19-20,22-23H,5-6,11-15H2,1-4H3,(H,27,32)/t19-,20?,22?,23?/m0/s1. The molecule has 35 heavy (non-hydrogen) atoms. The number of amides is 3. The van der Waals surface area contributed by atoms with Crippen molar-refractivity contribution in [1.29, 1.82) is 0 Å². The highest BCUT2D eigenvalue weighted by molar-refractivity contribution is 6.01. The van der Waals surface area contributed by atoms with Gasteiger partial charge >= 0.3 is 0 Å². The Hall–Kier alpha value is -2.94. The van der Waals surface area contributed by atoms with Crippen molar-refractivity contribution in [2.45, 2.75) is 63.8 Å². The van der Waals surface area contributed by atoms with E-state index in [1.165, 1.54) is 0 Å². The average Bonchev–Trinajstić information content (AvgIpc) is 3.56. The topological polar surface area (TPSA) is 99.3 Å². The van der Waals surface area contributed by atoms with Crippen molar-refractivity contribution in [3.63, 3.8) is 0 Å². The number of hydrogen-bond acceptors (Lipinski definition) is 6. The maximum atomic E-state index is 13.6. The lowest BCUT2D eigenvalue weighted by Gasteiger charge is -2.29. The van der Waals surface area contributed by atoms with Crippen LogP contribution in [0.15, 0.2) is 24.3 Å². The number of rotatable bonds is 7. The zero-order chi connectivity index (χ0) is 25.3. The fourth-order valence-electron chi connectivity index (χ4n) is 5.36. The largest absolute Gasteiger partial charge is 0.378 e. The van der Waals surface area contributed by atoms with Crippen LogP contribution in [0.2, 0.25) is 0 Å². The molecule has 3 amide bonds. The summed E-state index contributed by atoms with van der Waals surface area (Å²) in [6.45, 7) is 4.95. The van der Waals surface area contributed by atoms with Crippen LogP contribution in [0.25, 0.3) is 0 Å². The highest BCUT2D eigenvalue weighted by Gasteiger charge is 2.53. The van der Waals surface area contributed by atoms with Crippen molar-refractivity contribution in [3.8, 4) is 0 Å². The van der Waals surface area contributed by atoms with Crippen molar-refractivity contribution in [3.05, 3.63) is 29.8 Å². The molecule has 4 atom stereocenters. The lowest BCUT2D eigenvalue weighted by molar-refractivity contribution is -0.142. The second-order valence-electron chi connectivity index (χ2n) is 10.4. The van der Waals surface area contributed by atoms with Gasteiger partial charge in [0.2, 0.25) is 5.91 Å². The molecule has 190 valence electrons. The van der Waals surface area contributed by atoms with E-state index in [2.05, 4.69) is 5.32 Å². The first kappa shape index (κ1) is 25.2. The first-order valence-electron chi connectivity index (χ1n) is 12.5. The SMILES string of the molecule is CC(C)C[C@H](NC(=O)c1ccc(N(C)C)cc1)C(=O)N1CCC2C1C(=O)CN2C(=O)C1CCCO1. The number of nitrogens with zero attached hydrogens (tertiary/aromatic N) is 3. The monoisotopic (exact) mass is 484 g/mol. The summed E-state index contributed by atoms with van der Waals surface area (Å²) in [6.07, 6.45) is 2.03. The van der Waals surface area contributed by atoms with Crippen LogP contribution in [0.4, 0.5) is 5.69 Å². The Morgan fingerprint density at radius 2 is 1.83 bits per heavy atom. The third kappa shape index (κ3) is 5.19. The van der Waals surface area contributed by atoms with Gasteiger partial charge in [-0.2, -0.15) is 0 Å². The molecule has 3 aliphatic rings. The van der Waals surface area contributed by atoms with E-state index >= 15 is 0 Å². The van der Waals surface area contributed by atoms with E-state index in [4.69, 9.17) is 4.74 Å². The minimum Gasteiger partial charge on any atom is -0.378 e. The molecule has 3 fully saturated rings. The molecule has 3 saturated heterocycles. The molecule has 0 aromatic heterocycles. The Bertz CT molecular complexity index is 970. The predicted molar refractivity (Wildman–Crippen MR) is 131 cm³/mol. The number of nitrogens with one attached hydrogen (secondary N) is 1. The van der Waals surface area contributed by atoms with Crippen LogP contribution in [0, 0.1) is 5.92 Å². The van der Waals surface area contributed by atoms with Gasteiger partial charge in [-0.3, -0.25) is 19.2 Å². The van der Waals surface area contributed by atoms with E-state index in [-0.39, 0.29) is 42.0 Å². The highest BCUT2D eigenvalue weighted by atomic mass is 16.5. The molecule has 3 heterocycles. The number of benzene rings is 1. The summed E-state index contributed by atoms with van der Waals surface area (Å²) >= 11 is 0. The maximum absolute atomic E-state index is 13.6. The van der Waals surface area contributed by atoms with Gasteiger partial charge in [0.05, 0.1) is 12.6 Å². The first-order chi connectivity index (χ1) is 16.7. The van der Waals surface area contributed by atoms with Gasteiger partial charge < -0.3 is 24.8 Å². The first-order valence-corrected chi connectivity index (χ1v) is 12.5. The number of anilines is 1. The lowest BCUT2D eigenvalue weighted by atomic mass is 10.0. The van der Waals surface area contributed by atoms with Gasteiger partial charge in [0.15, 0.2) is 5.78 Å². The molecule has 9 nitrogen and oxygen atoms in total. The normalized spacial score (nSPS) is 24.6. The number of fused-ring (bicyclic) bond motifs is 1. The molecule has 1 aromatic carbocycles. The van der Waals surface area contributed by atoms with Gasteiger partial charge in [0.25, 0.3) is 11.8 Å². The molecular formula is C26H36N4O5. The van der Waals surface area contributed by atoms with E-state index < -0.39 is 18.2 Å². The Kier molecular flexibility index (Phi) is 7.44. The van der Waals surface area contributed by atoms with E-state index in [1.807, 2.05) is 45.0 Å². The zero-order valence-corrected chi connectivity index (χ0v) is 21.0. The van der Waals surface area contributed by atoms with Crippen LogP contribution in [-0.4, -0.2) is 91.3 Å².